The minimum Gasteiger partial charge on any atom is -0.384 e. The zero-order valence-electron chi connectivity index (χ0n) is 9.97. The molecule has 1 aromatic carbocycles. The third-order valence-electron chi connectivity index (χ3n) is 2.62. The Labute approximate surface area is 98.3 Å². The first kappa shape index (κ1) is 14.0. The van der Waals surface area contributed by atoms with Gasteiger partial charge in [-0.3, -0.25) is 0 Å². The highest BCUT2D eigenvalue weighted by atomic mass is 19.3. The summed E-state index contributed by atoms with van der Waals surface area (Å²) in [4.78, 5) is 0. The van der Waals surface area contributed by atoms with Gasteiger partial charge in [-0.25, -0.2) is 4.39 Å². The molecule has 0 aromatic heterocycles. The fraction of sp³-hybridized carbons (Fsp3) is 0.500. The Kier molecular flexibility index (Phi) is 3.55. The number of alkyl halides is 2. The van der Waals surface area contributed by atoms with Crippen LogP contribution in [0, 0.1) is 5.82 Å². The van der Waals surface area contributed by atoms with Crippen LogP contribution in [0.3, 0.4) is 0 Å². The standard InChI is InChI=1S/C12H16F3NO/c1-7(16)9-6-8(4-5-10(9)13)12(14,15)11(2,3)17/h4-7,17H,16H2,1-3H3/t7-/m1/s1. The third kappa shape index (κ3) is 2.61. The summed E-state index contributed by atoms with van der Waals surface area (Å²) < 4.78 is 41.0. The van der Waals surface area contributed by atoms with Gasteiger partial charge in [0.25, 0.3) is 0 Å². The van der Waals surface area contributed by atoms with Crippen molar-refractivity contribution >= 4 is 0 Å². The van der Waals surface area contributed by atoms with Crippen molar-refractivity contribution in [3.05, 3.63) is 35.1 Å². The maximum Gasteiger partial charge on any atom is 0.300 e. The first-order valence-electron chi connectivity index (χ1n) is 5.23. The molecule has 0 bridgehead atoms. The fourth-order valence-electron chi connectivity index (χ4n) is 1.44. The van der Waals surface area contributed by atoms with Gasteiger partial charge in [0, 0.05) is 17.2 Å². The Morgan fingerprint density at radius 2 is 1.82 bits per heavy atom. The van der Waals surface area contributed by atoms with Gasteiger partial charge in [0.2, 0.25) is 0 Å². The van der Waals surface area contributed by atoms with Crippen LogP contribution < -0.4 is 5.73 Å². The minimum absolute atomic E-state index is 0.00595. The summed E-state index contributed by atoms with van der Waals surface area (Å²) in [6, 6.07) is 2.21. The van der Waals surface area contributed by atoms with Crippen LogP contribution in [-0.2, 0) is 5.92 Å². The maximum absolute atomic E-state index is 13.8. The van der Waals surface area contributed by atoms with Gasteiger partial charge < -0.3 is 10.8 Å². The van der Waals surface area contributed by atoms with Crippen LogP contribution in [0.2, 0.25) is 0 Å². The van der Waals surface area contributed by atoms with Crippen molar-refractivity contribution in [2.75, 3.05) is 0 Å². The molecule has 0 aliphatic carbocycles. The molecule has 0 saturated heterocycles. The van der Waals surface area contributed by atoms with E-state index in [-0.39, 0.29) is 5.56 Å². The number of rotatable bonds is 3. The second-order valence-electron chi connectivity index (χ2n) is 4.66. The predicted octanol–water partition coefficient (Wildman–Crippen LogP) is 2.71. The first-order valence-corrected chi connectivity index (χ1v) is 5.23. The molecule has 0 radical (unpaired) electrons. The molecule has 0 heterocycles. The Morgan fingerprint density at radius 3 is 2.24 bits per heavy atom. The second kappa shape index (κ2) is 4.31. The molecule has 2 nitrogen and oxygen atoms in total. The average molecular weight is 247 g/mol. The van der Waals surface area contributed by atoms with Gasteiger partial charge in [0.05, 0.1) is 0 Å². The van der Waals surface area contributed by atoms with Gasteiger partial charge in [0.15, 0.2) is 0 Å². The summed E-state index contributed by atoms with van der Waals surface area (Å²) in [5.74, 6) is -4.10. The molecule has 0 aliphatic heterocycles. The molecule has 1 rings (SSSR count). The first-order chi connectivity index (χ1) is 7.57. The number of hydrogen-bond acceptors (Lipinski definition) is 2. The van der Waals surface area contributed by atoms with E-state index in [9.17, 15) is 18.3 Å². The molecule has 96 valence electrons. The Balaban J connectivity index is 3.30. The molecule has 0 aliphatic rings. The van der Waals surface area contributed by atoms with E-state index in [1.807, 2.05) is 0 Å². The van der Waals surface area contributed by atoms with Crippen molar-refractivity contribution in [3.63, 3.8) is 0 Å². The van der Waals surface area contributed by atoms with Crippen LogP contribution in [0.1, 0.15) is 37.9 Å². The van der Waals surface area contributed by atoms with Crippen LogP contribution in [0.4, 0.5) is 13.2 Å². The number of aliphatic hydroxyl groups is 1. The van der Waals surface area contributed by atoms with E-state index in [1.165, 1.54) is 6.92 Å². The molecule has 0 unspecified atom stereocenters. The van der Waals surface area contributed by atoms with Crippen LogP contribution in [-0.4, -0.2) is 10.7 Å². The summed E-state index contributed by atoms with van der Waals surface area (Å²) in [7, 11) is 0. The smallest absolute Gasteiger partial charge is 0.300 e. The van der Waals surface area contributed by atoms with E-state index < -0.39 is 28.9 Å². The van der Waals surface area contributed by atoms with Crippen LogP contribution in [0.5, 0.6) is 0 Å². The molecule has 3 N–H and O–H groups in total. The van der Waals surface area contributed by atoms with Crippen molar-refractivity contribution < 1.29 is 18.3 Å². The van der Waals surface area contributed by atoms with Crippen molar-refractivity contribution in [1.29, 1.82) is 0 Å². The topological polar surface area (TPSA) is 46.2 Å². The Hall–Kier alpha value is -1.07. The van der Waals surface area contributed by atoms with E-state index in [4.69, 9.17) is 5.73 Å². The molecule has 0 fully saturated rings. The van der Waals surface area contributed by atoms with Gasteiger partial charge in [-0.1, -0.05) is 6.07 Å². The SMILES string of the molecule is C[C@@H](N)c1cc(C(F)(F)C(C)(C)O)ccc1F. The van der Waals surface area contributed by atoms with E-state index in [1.54, 1.807) is 0 Å². The Bertz CT molecular complexity index is 411. The van der Waals surface area contributed by atoms with Crippen molar-refractivity contribution in [2.45, 2.75) is 38.3 Å². The number of halogens is 3. The van der Waals surface area contributed by atoms with Crippen LogP contribution >= 0.6 is 0 Å². The molecule has 1 aromatic rings. The largest absolute Gasteiger partial charge is 0.384 e. The maximum atomic E-state index is 13.8. The van der Waals surface area contributed by atoms with E-state index >= 15 is 0 Å². The Morgan fingerprint density at radius 1 is 1.29 bits per heavy atom. The summed E-state index contributed by atoms with van der Waals surface area (Å²) >= 11 is 0. The monoisotopic (exact) mass is 247 g/mol. The van der Waals surface area contributed by atoms with Crippen LogP contribution in [0.15, 0.2) is 18.2 Å². The molecular weight excluding hydrogens is 231 g/mol. The average Bonchev–Trinajstić information content (AvgIpc) is 2.15. The van der Waals surface area contributed by atoms with Gasteiger partial charge in [-0.05, 0) is 32.9 Å². The summed E-state index contributed by atoms with van der Waals surface area (Å²) in [6.45, 7) is 3.51. The molecule has 5 heteroatoms. The van der Waals surface area contributed by atoms with Crippen molar-refractivity contribution in [3.8, 4) is 0 Å². The van der Waals surface area contributed by atoms with Gasteiger partial charge >= 0.3 is 5.92 Å². The fourth-order valence-corrected chi connectivity index (χ4v) is 1.44. The van der Waals surface area contributed by atoms with E-state index in [0.29, 0.717) is 0 Å². The number of benzene rings is 1. The second-order valence-corrected chi connectivity index (χ2v) is 4.66. The molecule has 0 spiro atoms. The molecule has 1 atom stereocenters. The lowest BCUT2D eigenvalue weighted by atomic mass is 9.91. The highest BCUT2D eigenvalue weighted by Crippen LogP contribution is 2.39. The third-order valence-corrected chi connectivity index (χ3v) is 2.62. The quantitative estimate of drug-likeness (QED) is 0.862. The molecule has 17 heavy (non-hydrogen) atoms. The predicted molar refractivity (Wildman–Crippen MR) is 59.2 cm³/mol. The van der Waals surface area contributed by atoms with Gasteiger partial charge in [-0.15, -0.1) is 0 Å². The lowest BCUT2D eigenvalue weighted by Crippen LogP contribution is -2.40. The van der Waals surface area contributed by atoms with E-state index in [2.05, 4.69) is 0 Å². The lowest BCUT2D eigenvalue weighted by molar-refractivity contribution is -0.168. The van der Waals surface area contributed by atoms with Gasteiger partial charge in [0.1, 0.15) is 11.4 Å². The zero-order valence-corrected chi connectivity index (χ0v) is 9.97. The summed E-state index contributed by atoms with van der Waals surface area (Å²) in [5.41, 5.74) is 2.83. The molecular formula is C12H16F3NO. The lowest BCUT2D eigenvalue weighted by Gasteiger charge is -2.29. The van der Waals surface area contributed by atoms with Crippen LogP contribution in [0.25, 0.3) is 0 Å². The molecule has 0 amide bonds. The summed E-state index contributed by atoms with van der Waals surface area (Å²) in [5, 5.41) is 9.42. The highest BCUT2D eigenvalue weighted by Gasteiger charge is 2.47. The number of hydrogen-bond donors (Lipinski definition) is 2. The summed E-state index contributed by atoms with van der Waals surface area (Å²) in [6.07, 6.45) is 0. The van der Waals surface area contributed by atoms with Crippen molar-refractivity contribution in [1.82, 2.24) is 0 Å². The normalized spacial score (nSPS) is 14.8. The highest BCUT2D eigenvalue weighted by molar-refractivity contribution is 5.31. The molecule has 0 saturated carbocycles. The van der Waals surface area contributed by atoms with Gasteiger partial charge in [-0.2, -0.15) is 8.78 Å². The number of nitrogens with two attached hydrogens (primary N) is 1. The van der Waals surface area contributed by atoms with Crippen molar-refractivity contribution in [2.24, 2.45) is 5.73 Å². The zero-order chi connectivity index (χ0) is 13.4. The van der Waals surface area contributed by atoms with E-state index in [0.717, 1.165) is 32.0 Å². The minimum atomic E-state index is -3.47.